The van der Waals surface area contributed by atoms with Gasteiger partial charge in [0.2, 0.25) is 5.91 Å². The van der Waals surface area contributed by atoms with E-state index in [1.807, 2.05) is 53.7 Å². The molecule has 2 amide bonds. The first-order valence-electron chi connectivity index (χ1n) is 8.21. The van der Waals surface area contributed by atoms with Crippen molar-refractivity contribution in [3.05, 3.63) is 39.9 Å². The maximum absolute atomic E-state index is 12.4. The van der Waals surface area contributed by atoms with Crippen LogP contribution in [0.15, 0.2) is 18.2 Å². The quantitative estimate of drug-likeness (QED) is 0.879. The van der Waals surface area contributed by atoms with Crippen molar-refractivity contribution >= 4 is 23.2 Å². The summed E-state index contributed by atoms with van der Waals surface area (Å²) >= 11 is 1.35. The number of rotatable bonds is 4. The number of carbonyl (C=O) groups is 2. The van der Waals surface area contributed by atoms with Crippen molar-refractivity contribution in [1.82, 2.24) is 15.6 Å². The first-order valence-corrected chi connectivity index (χ1v) is 9.03. The molecule has 0 aliphatic carbocycles. The maximum Gasteiger partial charge on any atom is 0.263 e. The first kappa shape index (κ1) is 19.1. The van der Waals surface area contributed by atoms with Crippen molar-refractivity contribution in [3.63, 3.8) is 0 Å². The zero-order valence-electron chi connectivity index (χ0n) is 15.6. The molecule has 134 valence electrons. The largest absolute Gasteiger partial charge is 0.350 e. The van der Waals surface area contributed by atoms with Crippen LogP contribution in [-0.4, -0.2) is 28.9 Å². The minimum atomic E-state index is -0.321. The lowest BCUT2D eigenvalue weighted by atomic mass is 10.1. The molecule has 0 bridgehead atoms. The summed E-state index contributed by atoms with van der Waals surface area (Å²) < 4.78 is 0. The molecule has 2 N–H and O–H groups in total. The van der Waals surface area contributed by atoms with Crippen molar-refractivity contribution in [2.24, 2.45) is 0 Å². The summed E-state index contributed by atoms with van der Waals surface area (Å²) in [5.41, 5.74) is 3.71. The van der Waals surface area contributed by atoms with Gasteiger partial charge in [0.25, 0.3) is 5.91 Å². The molecule has 6 heteroatoms. The van der Waals surface area contributed by atoms with E-state index in [0.29, 0.717) is 10.6 Å². The van der Waals surface area contributed by atoms with Gasteiger partial charge in [-0.2, -0.15) is 0 Å². The van der Waals surface area contributed by atoms with Crippen LogP contribution in [0.5, 0.6) is 0 Å². The molecule has 0 spiro atoms. The van der Waals surface area contributed by atoms with Crippen LogP contribution in [0.4, 0.5) is 0 Å². The van der Waals surface area contributed by atoms with Gasteiger partial charge in [0.1, 0.15) is 9.88 Å². The molecular weight excluding hydrogens is 334 g/mol. The van der Waals surface area contributed by atoms with E-state index in [4.69, 9.17) is 0 Å². The third-order valence-electron chi connectivity index (χ3n) is 3.54. The van der Waals surface area contributed by atoms with Crippen LogP contribution in [-0.2, 0) is 4.79 Å². The van der Waals surface area contributed by atoms with E-state index in [-0.39, 0.29) is 23.9 Å². The van der Waals surface area contributed by atoms with Crippen LogP contribution in [0.3, 0.4) is 0 Å². The van der Waals surface area contributed by atoms with Crippen LogP contribution < -0.4 is 10.6 Å². The fourth-order valence-corrected chi connectivity index (χ4v) is 3.55. The van der Waals surface area contributed by atoms with Crippen LogP contribution in [0.25, 0.3) is 10.6 Å². The van der Waals surface area contributed by atoms with E-state index in [2.05, 4.69) is 21.7 Å². The van der Waals surface area contributed by atoms with E-state index in [1.165, 1.54) is 16.9 Å². The van der Waals surface area contributed by atoms with E-state index in [0.717, 1.165) is 16.1 Å². The van der Waals surface area contributed by atoms with E-state index in [9.17, 15) is 9.59 Å². The second-order valence-electron chi connectivity index (χ2n) is 7.23. The Kier molecular flexibility index (Phi) is 5.62. The van der Waals surface area contributed by atoms with Gasteiger partial charge < -0.3 is 10.6 Å². The molecule has 0 atom stereocenters. The number of nitrogens with one attached hydrogen (secondary N) is 2. The molecule has 2 aromatic rings. The van der Waals surface area contributed by atoms with E-state index < -0.39 is 0 Å². The number of hydrogen-bond acceptors (Lipinski definition) is 4. The highest BCUT2D eigenvalue weighted by Crippen LogP contribution is 2.30. The molecule has 2 rings (SSSR count). The highest BCUT2D eigenvalue weighted by Gasteiger charge is 2.19. The monoisotopic (exact) mass is 359 g/mol. The summed E-state index contributed by atoms with van der Waals surface area (Å²) in [6, 6.07) is 6.17. The standard InChI is InChI=1S/C19H25N3O2S/c1-11-7-8-14(12(2)9-11)18-21-13(3)16(25-18)17(24)20-10-15(23)22-19(4,5)6/h7-9H,10H2,1-6H3,(H,20,24)(H,22,23). The number of benzene rings is 1. The number of aromatic nitrogens is 1. The molecule has 0 saturated carbocycles. The van der Waals surface area contributed by atoms with Gasteiger partial charge in [-0.3, -0.25) is 9.59 Å². The Morgan fingerprint density at radius 1 is 1.16 bits per heavy atom. The molecule has 1 aromatic heterocycles. The fourth-order valence-electron chi connectivity index (χ4n) is 2.48. The van der Waals surface area contributed by atoms with Crippen molar-refractivity contribution in [2.45, 2.75) is 47.1 Å². The van der Waals surface area contributed by atoms with Crippen molar-refractivity contribution < 1.29 is 9.59 Å². The summed E-state index contributed by atoms with van der Waals surface area (Å²) in [5.74, 6) is -0.479. The van der Waals surface area contributed by atoms with Gasteiger partial charge >= 0.3 is 0 Å². The van der Waals surface area contributed by atoms with Gasteiger partial charge in [-0.1, -0.05) is 23.8 Å². The lowest BCUT2D eigenvalue weighted by Gasteiger charge is -2.20. The lowest BCUT2D eigenvalue weighted by Crippen LogP contribution is -2.45. The molecule has 0 aliphatic rings. The lowest BCUT2D eigenvalue weighted by molar-refractivity contribution is -0.121. The molecule has 5 nitrogen and oxygen atoms in total. The minimum absolute atomic E-state index is 0.0493. The van der Waals surface area contributed by atoms with Crippen molar-refractivity contribution in [2.75, 3.05) is 6.54 Å². The Morgan fingerprint density at radius 2 is 1.84 bits per heavy atom. The molecule has 0 saturated heterocycles. The average Bonchev–Trinajstić information content (AvgIpc) is 2.84. The second kappa shape index (κ2) is 7.35. The molecule has 25 heavy (non-hydrogen) atoms. The minimum Gasteiger partial charge on any atom is -0.350 e. The summed E-state index contributed by atoms with van der Waals surface area (Å²) in [4.78, 5) is 29.3. The third kappa shape index (κ3) is 5.13. The number of nitrogens with zero attached hydrogens (tertiary/aromatic N) is 1. The first-order chi connectivity index (χ1) is 11.6. The summed E-state index contributed by atoms with van der Waals surface area (Å²) in [5, 5.41) is 6.31. The third-order valence-corrected chi connectivity index (χ3v) is 4.73. The molecule has 1 heterocycles. The highest BCUT2D eigenvalue weighted by atomic mass is 32.1. The Bertz CT molecular complexity index is 803. The molecular formula is C19H25N3O2S. The van der Waals surface area contributed by atoms with Gasteiger partial charge in [-0.25, -0.2) is 4.98 Å². The Hall–Kier alpha value is -2.21. The highest BCUT2D eigenvalue weighted by molar-refractivity contribution is 7.17. The zero-order chi connectivity index (χ0) is 18.8. The average molecular weight is 359 g/mol. The Morgan fingerprint density at radius 3 is 2.44 bits per heavy atom. The van der Waals surface area contributed by atoms with Gasteiger partial charge in [-0.15, -0.1) is 11.3 Å². The SMILES string of the molecule is Cc1ccc(-c2nc(C)c(C(=O)NCC(=O)NC(C)(C)C)s2)c(C)c1. The smallest absolute Gasteiger partial charge is 0.263 e. The van der Waals surface area contributed by atoms with Gasteiger partial charge in [0.15, 0.2) is 0 Å². The summed E-state index contributed by atoms with van der Waals surface area (Å²) in [6.45, 7) is 11.5. The molecule has 0 aliphatic heterocycles. The van der Waals surface area contributed by atoms with Crippen molar-refractivity contribution in [3.8, 4) is 10.6 Å². The van der Waals surface area contributed by atoms with E-state index >= 15 is 0 Å². The molecule has 0 unspecified atom stereocenters. The van der Waals surface area contributed by atoms with E-state index in [1.54, 1.807) is 0 Å². The maximum atomic E-state index is 12.4. The van der Waals surface area contributed by atoms with Crippen molar-refractivity contribution in [1.29, 1.82) is 0 Å². The van der Waals surface area contributed by atoms with Gasteiger partial charge in [0, 0.05) is 11.1 Å². The van der Waals surface area contributed by atoms with Crippen LogP contribution in [0.2, 0.25) is 0 Å². The fraction of sp³-hybridized carbons (Fsp3) is 0.421. The number of amides is 2. The second-order valence-corrected chi connectivity index (χ2v) is 8.23. The normalized spacial score (nSPS) is 11.3. The molecule has 0 fully saturated rings. The zero-order valence-corrected chi connectivity index (χ0v) is 16.4. The number of carbonyl (C=O) groups excluding carboxylic acids is 2. The number of thiazole rings is 1. The Labute approximate surface area is 152 Å². The predicted molar refractivity (Wildman–Crippen MR) is 102 cm³/mol. The van der Waals surface area contributed by atoms with Crippen LogP contribution in [0, 0.1) is 20.8 Å². The topological polar surface area (TPSA) is 71.1 Å². The van der Waals surface area contributed by atoms with Gasteiger partial charge in [-0.05, 0) is 47.1 Å². The molecule has 0 radical (unpaired) electrons. The van der Waals surface area contributed by atoms with Crippen LogP contribution in [0.1, 0.15) is 47.3 Å². The predicted octanol–water partition coefficient (Wildman–Crippen LogP) is 3.38. The Balaban J connectivity index is 2.11. The summed E-state index contributed by atoms with van der Waals surface area (Å²) in [6.07, 6.45) is 0. The summed E-state index contributed by atoms with van der Waals surface area (Å²) in [7, 11) is 0. The van der Waals surface area contributed by atoms with Crippen LogP contribution >= 0.6 is 11.3 Å². The van der Waals surface area contributed by atoms with Gasteiger partial charge in [0.05, 0.1) is 12.2 Å². The molecule has 1 aromatic carbocycles. The number of aryl methyl sites for hydroxylation is 3. The number of hydrogen-bond donors (Lipinski definition) is 2.